The maximum atomic E-state index is 12.6. The van der Waals surface area contributed by atoms with Gasteiger partial charge in [-0.1, -0.05) is 12.1 Å². The number of nitrogens with zero attached hydrogens (tertiary/aromatic N) is 1. The van der Waals surface area contributed by atoms with Crippen molar-refractivity contribution in [1.82, 2.24) is 10.6 Å². The van der Waals surface area contributed by atoms with Gasteiger partial charge in [0, 0.05) is 18.0 Å². The molecule has 134 valence electrons. The van der Waals surface area contributed by atoms with E-state index in [4.69, 9.17) is 5.73 Å². The van der Waals surface area contributed by atoms with E-state index >= 15 is 0 Å². The van der Waals surface area contributed by atoms with Crippen LogP contribution in [0, 0.1) is 0 Å². The van der Waals surface area contributed by atoms with Crippen LogP contribution in [-0.2, 0) is 9.59 Å². The van der Waals surface area contributed by atoms with Crippen molar-refractivity contribution >= 4 is 40.5 Å². The Hall–Kier alpha value is -3.13. The fourth-order valence-electron chi connectivity index (χ4n) is 2.51. The van der Waals surface area contributed by atoms with Gasteiger partial charge in [0.15, 0.2) is 0 Å². The van der Waals surface area contributed by atoms with E-state index in [1.165, 1.54) is 13.1 Å². The maximum Gasteiger partial charge on any atom is 0.255 e. The lowest BCUT2D eigenvalue weighted by molar-refractivity contribution is -0.117. The highest BCUT2D eigenvalue weighted by molar-refractivity contribution is 7.13. The molecule has 5 N–H and O–H groups in total. The molecule has 3 rings (SSSR count). The number of nitrogen functional groups attached to an aromatic ring is 1. The zero-order valence-electron chi connectivity index (χ0n) is 14.4. The number of nitrogens with two attached hydrogens (primary N) is 1. The van der Waals surface area contributed by atoms with Crippen LogP contribution < -0.4 is 21.7 Å². The van der Waals surface area contributed by atoms with Crippen molar-refractivity contribution in [3.05, 3.63) is 47.5 Å². The summed E-state index contributed by atoms with van der Waals surface area (Å²) in [5.41, 5.74) is 8.47. The Labute approximate surface area is 155 Å². The lowest BCUT2D eigenvalue weighted by Gasteiger charge is -2.20. The Morgan fingerprint density at radius 2 is 2.08 bits per heavy atom. The average Bonchev–Trinajstić information content (AvgIpc) is 3.10. The standard InChI is InChI=1S/C18H19N5O2S/c1-10-13(9-20-18(21-10)22-11(2)24)17(25)23-15-8-12(5-6-14(15)19)16-4-3-7-26-16/h3-10H,19H2,1-2H3,(H,23,25)(H2,20,21,22,24). The number of amides is 2. The molecule has 1 atom stereocenters. The number of anilines is 2. The first-order chi connectivity index (χ1) is 12.4. The van der Waals surface area contributed by atoms with Crippen molar-refractivity contribution in [1.29, 1.82) is 0 Å². The summed E-state index contributed by atoms with van der Waals surface area (Å²) in [7, 11) is 0. The van der Waals surface area contributed by atoms with Gasteiger partial charge in [0.05, 0.1) is 23.0 Å². The molecule has 2 amide bonds. The van der Waals surface area contributed by atoms with Crippen LogP contribution in [0.1, 0.15) is 13.8 Å². The second-order valence-corrected chi connectivity index (χ2v) is 6.76. The number of hydrogen-bond donors (Lipinski definition) is 4. The lowest BCUT2D eigenvalue weighted by Crippen LogP contribution is -2.42. The van der Waals surface area contributed by atoms with Gasteiger partial charge in [-0.15, -0.1) is 11.3 Å². The van der Waals surface area contributed by atoms with E-state index < -0.39 is 6.04 Å². The van der Waals surface area contributed by atoms with Crippen LogP contribution in [0.25, 0.3) is 10.4 Å². The Morgan fingerprint density at radius 3 is 2.73 bits per heavy atom. The fourth-order valence-corrected chi connectivity index (χ4v) is 3.24. The molecule has 0 aliphatic carbocycles. The van der Waals surface area contributed by atoms with Crippen molar-refractivity contribution in [2.75, 3.05) is 11.1 Å². The fraction of sp³-hybridized carbons (Fsp3) is 0.167. The van der Waals surface area contributed by atoms with E-state index in [0.29, 0.717) is 22.9 Å². The van der Waals surface area contributed by atoms with Gasteiger partial charge < -0.3 is 16.4 Å². The molecule has 0 spiro atoms. The molecule has 0 radical (unpaired) electrons. The third kappa shape index (κ3) is 3.92. The molecular formula is C18H19N5O2S. The summed E-state index contributed by atoms with van der Waals surface area (Å²) in [5, 5.41) is 10.2. The molecule has 2 aromatic rings. The van der Waals surface area contributed by atoms with Crippen molar-refractivity contribution in [2.45, 2.75) is 19.9 Å². The summed E-state index contributed by atoms with van der Waals surface area (Å²) in [6.45, 7) is 3.17. The number of nitrogens with one attached hydrogen (secondary N) is 3. The zero-order chi connectivity index (χ0) is 18.7. The number of aliphatic imine (C=N–C) groups is 1. The quantitative estimate of drug-likeness (QED) is 0.623. The average molecular weight is 369 g/mol. The van der Waals surface area contributed by atoms with E-state index in [2.05, 4.69) is 20.9 Å². The number of hydrogen-bond acceptors (Lipinski definition) is 6. The second-order valence-electron chi connectivity index (χ2n) is 5.81. The van der Waals surface area contributed by atoms with E-state index in [9.17, 15) is 9.59 Å². The van der Waals surface area contributed by atoms with Crippen molar-refractivity contribution in [2.24, 2.45) is 4.99 Å². The first-order valence-electron chi connectivity index (χ1n) is 8.01. The van der Waals surface area contributed by atoms with Crippen LogP contribution in [0.4, 0.5) is 11.4 Å². The van der Waals surface area contributed by atoms with Crippen LogP contribution in [0.5, 0.6) is 0 Å². The Morgan fingerprint density at radius 1 is 1.27 bits per heavy atom. The summed E-state index contributed by atoms with van der Waals surface area (Å²) in [4.78, 5) is 29.1. The van der Waals surface area contributed by atoms with Crippen molar-refractivity contribution < 1.29 is 9.59 Å². The van der Waals surface area contributed by atoms with E-state index in [0.717, 1.165) is 10.4 Å². The molecule has 0 fully saturated rings. The van der Waals surface area contributed by atoms with Crippen LogP contribution in [-0.4, -0.2) is 23.8 Å². The molecule has 1 unspecified atom stereocenters. The minimum absolute atomic E-state index is 0.233. The topological polar surface area (TPSA) is 109 Å². The highest BCUT2D eigenvalue weighted by Gasteiger charge is 2.22. The molecule has 0 saturated carbocycles. The van der Waals surface area contributed by atoms with E-state index in [1.807, 2.05) is 29.6 Å². The number of thiophene rings is 1. The van der Waals surface area contributed by atoms with Gasteiger partial charge in [-0.05, 0) is 36.1 Å². The Balaban J connectivity index is 1.75. The van der Waals surface area contributed by atoms with Gasteiger partial charge in [-0.3, -0.25) is 14.9 Å². The van der Waals surface area contributed by atoms with Crippen molar-refractivity contribution in [3.8, 4) is 10.4 Å². The number of carbonyl (C=O) groups excluding carboxylic acids is 2. The molecule has 1 aromatic heterocycles. The lowest BCUT2D eigenvalue weighted by atomic mass is 10.1. The van der Waals surface area contributed by atoms with Gasteiger partial charge in [-0.2, -0.15) is 0 Å². The molecule has 1 aliphatic rings. The summed E-state index contributed by atoms with van der Waals surface area (Å²) >= 11 is 1.62. The monoisotopic (exact) mass is 369 g/mol. The predicted molar refractivity (Wildman–Crippen MR) is 105 cm³/mol. The largest absolute Gasteiger partial charge is 0.397 e. The summed E-state index contributed by atoms with van der Waals surface area (Å²) in [6, 6.07) is 9.13. The van der Waals surface area contributed by atoms with Crippen LogP contribution in [0.2, 0.25) is 0 Å². The smallest absolute Gasteiger partial charge is 0.255 e. The summed E-state index contributed by atoms with van der Waals surface area (Å²) in [5.74, 6) is -0.214. The third-order valence-electron chi connectivity index (χ3n) is 3.80. The zero-order valence-corrected chi connectivity index (χ0v) is 15.2. The highest BCUT2D eigenvalue weighted by atomic mass is 32.1. The molecule has 1 aromatic carbocycles. The van der Waals surface area contributed by atoms with Gasteiger partial charge >= 0.3 is 0 Å². The summed E-state index contributed by atoms with van der Waals surface area (Å²) < 4.78 is 0. The van der Waals surface area contributed by atoms with E-state index in [-0.39, 0.29) is 11.8 Å². The molecule has 1 aliphatic heterocycles. The molecule has 8 heteroatoms. The number of guanidine groups is 1. The first-order valence-corrected chi connectivity index (χ1v) is 8.88. The van der Waals surface area contributed by atoms with E-state index in [1.54, 1.807) is 24.3 Å². The molecule has 0 bridgehead atoms. The van der Waals surface area contributed by atoms with Gasteiger partial charge in [0.1, 0.15) is 0 Å². The minimum atomic E-state index is -0.403. The molecule has 26 heavy (non-hydrogen) atoms. The minimum Gasteiger partial charge on any atom is -0.397 e. The molecular weight excluding hydrogens is 350 g/mol. The van der Waals surface area contributed by atoms with Gasteiger partial charge in [-0.25, -0.2) is 4.99 Å². The summed E-state index contributed by atoms with van der Waals surface area (Å²) in [6.07, 6.45) is 1.54. The molecule has 2 heterocycles. The number of benzene rings is 1. The first kappa shape index (κ1) is 17.7. The maximum absolute atomic E-state index is 12.6. The van der Waals surface area contributed by atoms with Crippen molar-refractivity contribution in [3.63, 3.8) is 0 Å². The van der Waals surface area contributed by atoms with Crippen LogP contribution >= 0.6 is 11.3 Å². The Bertz CT molecular complexity index is 902. The number of rotatable bonds is 3. The second kappa shape index (κ2) is 7.40. The van der Waals surface area contributed by atoms with Gasteiger partial charge in [0.2, 0.25) is 11.9 Å². The predicted octanol–water partition coefficient (Wildman–Crippen LogP) is 2.30. The SMILES string of the molecule is CC(=O)NC1=NC(C)C(C(=O)Nc2cc(-c3cccs3)ccc2N)=CN1. The number of carbonyl (C=O) groups is 2. The van der Waals surface area contributed by atoms with Crippen LogP contribution in [0.3, 0.4) is 0 Å². The van der Waals surface area contributed by atoms with Crippen LogP contribution in [0.15, 0.2) is 52.5 Å². The highest BCUT2D eigenvalue weighted by Crippen LogP contribution is 2.30. The van der Waals surface area contributed by atoms with Gasteiger partial charge in [0.25, 0.3) is 5.91 Å². The third-order valence-corrected chi connectivity index (χ3v) is 4.72. The Kier molecular flexibility index (Phi) is 5.04. The normalized spacial score (nSPS) is 16.2. The molecule has 7 nitrogen and oxygen atoms in total. The molecule has 0 saturated heterocycles.